The van der Waals surface area contributed by atoms with E-state index >= 15 is 0 Å². The minimum atomic E-state index is 0.453. The Bertz CT molecular complexity index is 245. The Morgan fingerprint density at radius 1 is 1.18 bits per heavy atom. The van der Waals surface area contributed by atoms with E-state index in [9.17, 15) is 0 Å². The predicted molar refractivity (Wildman–Crippen MR) is 69.2 cm³/mol. The average molecular weight is 238 g/mol. The van der Waals surface area contributed by atoms with E-state index in [0.29, 0.717) is 11.6 Å². The van der Waals surface area contributed by atoms with Crippen LogP contribution >= 0.6 is 0 Å². The largest absolute Gasteiger partial charge is 0.377 e. The highest BCUT2D eigenvalue weighted by Gasteiger charge is 2.36. The molecule has 98 valence electrons. The van der Waals surface area contributed by atoms with Crippen LogP contribution in [0.2, 0.25) is 0 Å². The van der Waals surface area contributed by atoms with E-state index in [1.54, 1.807) is 0 Å². The smallest absolute Gasteiger partial charge is 0.0702 e. The molecule has 1 spiro atoms. The Kier molecular flexibility index (Phi) is 3.69. The molecule has 2 aliphatic heterocycles. The summed E-state index contributed by atoms with van der Waals surface area (Å²) in [7, 11) is 0. The van der Waals surface area contributed by atoms with Gasteiger partial charge in [0.2, 0.25) is 0 Å². The molecule has 1 N–H and O–H groups in total. The van der Waals surface area contributed by atoms with Gasteiger partial charge < -0.3 is 10.1 Å². The summed E-state index contributed by atoms with van der Waals surface area (Å²) in [5, 5.41) is 3.83. The summed E-state index contributed by atoms with van der Waals surface area (Å²) in [5.74, 6) is 0. The van der Waals surface area contributed by atoms with Crippen LogP contribution in [0.15, 0.2) is 0 Å². The van der Waals surface area contributed by atoms with E-state index in [2.05, 4.69) is 10.2 Å². The molecule has 3 fully saturated rings. The van der Waals surface area contributed by atoms with Gasteiger partial charge in [-0.2, -0.15) is 0 Å². The van der Waals surface area contributed by atoms with Crippen molar-refractivity contribution in [1.82, 2.24) is 10.2 Å². The number of rotatable bonds is 2. The zero-order valence-corrected chi connectivity index (χ0v) is 10.9. The van der Waals surface area contributed by atoms with Crippen molar-refractivity contribution >= 4 is 0 Å². The topological polar surface area (TPSA) is 24.5 Å². The minimum absolute atomic E-state index is 0.453. The molecule has 0 aromatic rings. The first kappa shape index (κ1) is 11.9. The van der Waals surface area contributed by atoms with Crippen LogP contribution in [-0.2, 0) is 4.74 Å². The first-order chi connectivity index (χ1) is 8.36. The quantitative estimate of drug-likeness (QED) is 0.793. The average Bonchev–Trinajstić information content (AvgIpc) is 2.92. The Morgan fingerprint density at radius 3 is 2.82 bits per heavy atom. The maximum absolute atomic E-state index is 5.79. The van der Waals surface area contributed by atoms with Crippen LogP contribution in [0, 0.1) is 0 Å². The number of nitrogens with one attached hydrogen (secondary N) is 1. The normalized spacial score (nSPS) is 34.2. The minimum Gasteiger partial charge on any atom is -0.377 e. The molecule has 1 saturated carbocycles. The highest BCUT2D eigenvalue weighted by atomic mass is 16.5. The lowest BCUT2D eigenvalue weighted by molar-refractivity contribution is 0.0666. The molecule has 1 unspecified atom stereocenters. The summed E-state index contributed by atoms with van der Waals surface area (Å²) in [4.78, 5) is 2.67. The highest BCUT2D eigenvalue weighted by Crippen LogP contribution is 2.32. The standard InChI is InChI=1S/C14H26N2O/c1-2-7-14(6-1)12-16(9-4-8-15-14)11-13-5-3-10-17-13/h13,15H,1-12H2. The van der Waals surface area contributed by atoms with E-state index in [4.69, 9.17) is 4.74 Å². The number of ether oxygens (including phenoxy) is 1. The van der Waals surface area contributed by atoms with Crippen LogP contribution in [0.4, 0.5) is 0 Å². The monoisotopic (exact) mass is 238 g/mol. The number of hydrogen-bond donors (Lipinski definition) is 1. The molecule has 3 nitrogen and oxygen atoms in total. The summed E-state index contributed by atoms with van der Waals surface area (Å²) < 4.78 is 5.79. The second-order valence-corrected chi connectivity index (χ2v) is 6.14. The molecular weight excluding hydrogens is 212 g/mol. The van der Waals surface area contributed by atoms with Crippen LogP contribution in [-0.4, -0.2) is 49.3 Å². The van der Waals surface area contributed by atoms with Crippen molar-refractivity contribution in [3.63, 3.8) is 0 Å². The van der Waals surface area contributed by atoms with Crippen molar-refractivity contribution in [2.24, 2.45) is 0 Å². The Hall–Kier alpha value is -0.120. The molecule has 0 aromatic heterocycles. The van der Waals surface area contributed by atoms with E-state index in [-0.39, 0.29) is 0 Å². The molecule has 0 bridgehead atoms. The van der Waals surface area contributed by atoms with Crippen molar-refractivity contribution < 1.29 is 4.74 Å². The van der Waals surface area contributed by atoms with E-state index in [1.807, 2.05) is 0 Å². The van der Waals surface area contributed by atoms with Gasteiger partial charge in [-0.15, -0.1) is 0 Å². The lowest BCUT2D eigenvalue weighted by Crippen LogP contribution is -2.50. The molecule has 1 aliphatic carbocycles. The molecule has 3 aliphatic rings. The van der Waals surface area contributed by atoms with Crippen LogP contribution in [0.1, 0.15) is 44.9 Å². The van der Waals surface area contributed by atoms with Gasteiger partial charge in [0.1, 0.15) is 0 Å². The van der Waals surface area contributed by atoms with Crippen molar-refractivity contribution in [1.29, 1.82) is 0 Å². The van der Waals surface area contributed by atoms with Gasteiger partial charge in [0.05, 0.1) is 6.10 Å². The van der Waals surface area contributed by atoms with Crippen molar-refractivity contribution in [3.05, 3.63) is 0 Å². The first-order valence-electron chi connectivity index (χ1n) is 7.45. The van der Waals surface area contributed by atoms with E-state index in [0.717, 1.165) is 6.61 Å². The third-order valence-electron chi connectivity index (χ3n) is 4.72. The second-order valence-electron chi connectivity index (χ2n) is 6.14. The van der Waals surface area contributed by atoms with Crippen molar-refractivity contribution in [2.45, 2.75) is 56.6 Å². The van der Waals surface area contributed by atoms with Crippen LogP contribution in [0.25, 0.3) is 0 Å². The zero-order chi connectivity index (χ0) is 11.6. The molecule has 2 heterocycles. The highest BCUT2D eigenvalue weighted by molar-refractivity contribution is 4.97. The Labute approximate surface area is 105 Å². The SMILES string of the molecule is C1COC(CN2CCCNC3(CCCC3)C2)C1. The Morgan fingerprint density at radius 2 is 2.06 bits per heavy atom. The van der Waals surface area contributed by atoms with Crippen LogP contribution in [0.3, 0.4) is 0 Å². The van der Waals surface area contributed by atoms with Crippen molar-refractivity contribution in [3.8, 4) is 0 Å². The van der Waals surface area contributed by atoms with Gasteiger partial charge in [-0.25, -0.2) is 0 Å². The molecule has 0 aromatic carbocycles. The lowest BCUT2D eigenvalue weighted by Gasteiger charge is -2.34. The molecule has 3 heteroatoms. The summed E-state index contributed by atoms with van der Waals surface area (Å²) >= 11 is 0. The van der Waals surface area contributed by atoms with Gasteiger partial charge in [-0.3, -0.25) is 4.90 Å². The van der Waals surface area contributed by atoms with E-state index in [1.165, 1.54) is 71.1 Å². The van der Waals surface area contributed by atoms with E-state index < -0.39 is 0 Å². The molecule has 0 amide bonds. The summed E-state index contributed by atoms with van der Waals surface area (Å²) in [6.07, 6.45) is 9.96. The fourth-order valence-corrected chi connectivity index (χ4v) is 3.84. The second kappa shape index (κ2) is 5.25. The molecule has 0 radical (unpaired) electrons. The van der Waals surface area contributed by atoms with Gasteiger partial charge >= 0.3 is 0 Å². The van der Waals surface area contributed by atoms with Gasteiger partial charge in [0.25, 0.3) is 0 Å². The Balaban J connectivity index is 1.59. The maximum atomic E-state index is 5.79. The third-order valence-corrected chi connectivity index (χ3v) is 4.72. The predicted octanol–water partition coefficient (Wildman–Crippen LogP) is 1.77. The molecule has 3 rings (SSSR count). The third kappa shape index (κ3) is 2.83. The van der Waals surface area contributed by atoms with Gasteiger partial charge in [0.15, 0.2) is 0 Å². The number of nitrogens with zero attached hydrogens (tertiary/aromatic N) is 1. The zero-order valence-electron chi connectivity index (χ0n) is 10.9. The fourth-order valence-electron chi connectivity index (χ4n) is 3.84. The maximum Gasteiger partial charge on any atom is 0.0702 e. The van der Waals surface area contributed by atoms with Gasteiger partial charge in [0, 0.05) is 25.2 Å². The number of hydrogen-bond acceptors (Lipinski definition) is 3. The summed E-state index contributed by atoms with van der Waals surface area (Å²) in [6.45, 7) is 5.88. The van der Waals surface area contributed by atoms with Crippen molar-refractivity contribution in [2.75, 3.05) is 32.8 Å². The van der Waals surface area contributed by atoms with Crippen LogP contribution < -0.4 is 5.32 Å². The fraction of sp³-hybridized carbons (Fsp3) is 1.00. The molecule has 1 atom stereocenters. The first-order valence-corrected chi connectivity index (χ1v) is 7.45. The van der Waals surface area contributed by atoms with Crippen LogP contribution in [0.5, 0.6) is 0 Å². The lowest BCUT2D eigenvalue weighted by atomic mass is 9.97. The molecular formula is C14H26N2O. The summed E-state index contributed by atoms with van der Waals surface area (Å²) in [5.41, 5.74) is 0.453. The van der Waals surface area contributed by atoms with Gasteiger partial charge in [-0.05, 0) is 45.2 Å². The summed E-state index contributed by atoms with van der Waals surface area (Å²) in [6, 6.07) is 0. The molecule has 2 saturated heterocycles. The van der Waals surface area contributed by atoms with Gasteiger partial charge in [-0.1, -0.05) is 12.8 Å². The molecule has 17 heavy (non-hydrogen) atoms.